The van der Waals surface area contributed by atoms with Gasteiger partial charge in [-0.15, -0.1) is 0 Å². The third-order valence-corrected chi connectivity index (χ3v) is 3.80. The third kappa shape index (κ3) is 3.48. The molecule has 0 saturated heterocycles. The van der Waals surface area contributed by atoms with Crippen LogP contribution in [0.2, 0.25) is 5.02 Å². The Morgan fingerprint density at radius 1 is 1.21 bits per heavy atom. The van der Waals surface area contributed by atoms with E-state index in [1.807, 2.05) is 31.2 Å². The Hall–Kier alpha value is -1.06. The molecule has 0 amide bonds. The number of anilines is 1. The highest BCUT2D eigenvalue weighted by Gasteiger charge is 2.09. The van der Waals surface area contributed by atoms with Crippen LogP contribution in [0.15, 0.2) is 40.9 Å². The van der Waals surface area contributed by atoms with E-state index in [1.165, 1.54) is 0 Å². The van der Waals surface area contributed by atoms with E-state index in [4.69, 9.17) is 11.6 Å². The molecule has 2 aromatic rings. The van der Waals surface area contributed by atoms with Crippen LogP contribution in [0.4, 0.5) is 10.1 Å². The van der Waals surface area contributed by atoms with Crippen LogP contribution in [0.1, 0.15) is 24.1 Å². The topological polar surface area (TPSA) is 12.0 Å². The van der Waals surface area contributed by atoms with Gasteiger partial charge in [0.2, 0.25) is 0 Å². The molecule has 0 heterocycles. The Kier molecular flexibility index (Phi) is 4.48. The summed E-state index contributed by atoms with van der Waals surface area (Å²) in [6.45, 7) is 3.73. The number of hydrogen-bond acceptors (Lipinski definition) is 1. The summed E-state index contributed by atoms with van der Waals surface area (Å²) in [6.07, 6.45) is 0. The molecule has 2 rings (SSSR count). The van der Waals surface area contributed by atoms with E-state index in [9.17, 15) is 4.39 Å². The molecule has 1 nitrogen and oxygen atoms in total. The molecule has 2 aromatic carbocycles. The zero-order chi connectivity index (χ0) is 14.0. The number of benzene rings is 2. The molecule has 0 fully saturated rings. The lowest BCUT2D eigenvalue weighted by atomic mass is 10.1. The van der Waals surface area contributed by atoms with Gasteiger partial charge in [0.15, 0.2) is 0 Å². The van der Waals surface area contributed by atoms with Gasteiger partial charge in [-0.1, -0.05) is 39.7 Å². The molecule has 1 atom stereocenters. The second-order valence-electron chi connectivity index (χ2n) is 4.50. The summed E-state index contributed by atoms with van der Waals surface area (Å²) < 4.78 is 14.5. The summed E-state index contributed by atoms with van der Waals surface area (Å²) in [6, 6.07) is 10.9. The molecule has 4 heteroatoms. The second-order valence-corrected chi connectivity index (χ2v) is 5.82. The van der Waals surface area contributed by atoms with E-state index in [1.54, 1.807) is 19.1 Å². The Balaban J connectivity index is 2.20. The first-order valence-corrected chi connectivity index (χ1v) is 7.12. The average Bonchev–Trinajstić information content (AvgIpc) is 2.36. The standard InChI is InChI=1S/C15H14BrClFN/c1-9-3-4-11(7-14(9)18)10(2)19-15-6-5-12(16)8-13(15)17/h3-8,10,19H,1-2H3. The molecule has 1 unspecified atom stereocenters. The molecular weight excluding hydrogens is 329 g/mol. The summed E-state index contributed by atoms with van der Waals surface area (Å²) >= 11 is 9.51. The lowest BCUT2D eigenvalue weighted by molar-refractivity contribution is 0.614. The number of hydrogen-bond donors (Lipinski definition) is 1. The van der Waals surface area contributed by atoms with E-state index in [0.29, 0.717) is 10.6 Å². The maximum Gasteiger partial charge on any atom is 0.126 e. The molecule has 100 valence electrons. The minimum atomic E-state index is -0.187. The maximum absolute atomic E-state index is 13.6. The molecule has 0 bridgehead atoms. The van der Waals surface area contributed by atoms with Crippen molar-refractivity contribution in [3.63, 3.8) is 0 Å². The van der Waals surface area contributed by atoms with Crippen molar-refractivity contribution in [1.82, 2.24) is 0 Å². The van der Waals surface area contributed by atoms with Crippen LogP contribution >= 0.6 is 27.5 Å². The zero-order valence-electron chi connectivity index (χ0n) is 10.7. The molecular formula is C15H14BrClFN. The van der Waals surface area contributed by atoms with E-state index in [2.05, 4.69) is 21.2 Å². The summed E-state index contributed by atoms with van der Waals surface area (Å²) in [5.74, 6) is -0.187. The van der Waals surface area contributed by atoms with Crippen LogP contribution < -0.4 is 5.32 Å². The molecule has 0 aromatic heterocycles. The second kappa shape index (κ2) is 5.93. The van der Waals surface area contributed by atoms with E-state index < -0.39 is 0 Å². The monoisotopic (exact) mass is 341 g/mol. The molecule has 0 aliphatic heterocycles. The van der Waals surface area contributed by atoms with Crippen LogP contribution in [0.3, 0.4) is 0 Å². The van der Waals surface area contributed by atoms with Crippen molar-refractivity contribution in [1.29, 1.82) is 0 Å². The van der Waals surface area contributed by atoms with Gasteiger partial charge in [-0.3, -0.25) is 0 Å². The largest absolute Gasteiger partial charge is 0.377 e. The van der Waals surface area contributed by atoms with Gasteiger partial charge < -0.3 is 5.32 Å². The van der Waals surface area contributed by atoms with Gasteiger partial charge in [0.1, 0.15) is 5.82 Å². The Morgan fingerprint density at radius 3 is 2.58 bits per heavy atom. The number of aryl methyl sites for hydroxylation is 1. The number of halogens is 3. The van der Waals surface area contributed by atoms with Gasteiger partial charge in [0.25, 0.3) is 0 Å². The average molecular weight is 343 g/mol. The first kappa shape index (κ1) is 14.4. The smallest absolute Gasteiger partial charge is 0.126 e. The van der Waals surface area contributed by atoms with Crippen LogP contribution in [0, 0.1) is 12.7 Å². The SMILES string of the molecule is Cc1ccc(C(C)Nc2ccc(Br)cc2Cl)cc1F. The summed E-state index contributed by atoms with van der Waals surface area (Å²) in [4.78, 5) is 0. The maximum atomic E-state index is 13.6. The lowest BCUT2D eigenvalue weighted by Gasteiger charge is -2.17. The lowest BCUT2D eigenvalue weighted by Crippen LogP contribution is -2.07. The molecule has 19 heavy (non-hydrogen) atoms. The van der Waals surface area contributed by atoms with Crippen LogP contribution in [0.5, 0.6) is 0 Å². The van der Waals surface area contributed by atoms with Crippen molar-refractivity contribution in [2.45, 2.75) is 19.9 Å². The van der Waals surface area contributed by atoms with E-state index in [0.717, 1.165) is 15.7 Å². The van der Waals surface area contributed by atoms with Gasteiger partial charge in [0, 0.05) is 10.5 Å². The van der Waals surface area contributed by atoms with Gasteiger partial charge >= 0.3 is 0 Å². The molecule has 0 radical (unpaired) electrons. The fraction of sp³-hybridized carbons (Fsp3) is 0.200. The normalized spacial score (nSPS) is 12.3. The quantitative estimate of drug-likeness (QED) is 0.752. The fourth-order valence-corrected chi connectivity index (χ4v) is 2.53. The fourth-order valence-electron chi connectivity index (χ4n) is 1.80. The molecule has 0 aliphatic rings. The summed E-state index contributed by atoms with van der Waals surface area (Å²) in [5.41, 5.74) is 2.37. The molecule has 0 spiro atoms. The highest BCUT2D eigenvalue weighted by Crippen LogP contribution is 2.29. The van der Waals surface area contributed by atoms with Crippen molar-refractivity contribution in [3.8, 4) is 0 Å². The van der Waals surface area contributed by atoms with E-state index >= 15 is 0 Å². The van der Waals surface area contributed by atoms with Crippen LogP contribution in [-0.4, -0.2) is 0 Å². The van der Waals surface area contributed by atoms with E-state index in [-0.39, 0.29) is 11.9 Å². The molecule has 0 saturated carbocycles. The Labute approximate surface area is 125 Å². The summed E-state index contributed by atoms with van der Waals surface area (Å²) in [5, 5.41) is 3.91. The predicted octanol–water partition coefficient (Wildman–Crippen LogP) is 5.72. The Bertz CT molecular complexity index is 601. The third-order valence-electron chi connectivity index (χ3n) is 3.00. The van der Waals surface area contributed by atoms with Crippen molar-refractivity contribution in [2.24, 2.45) is 0 Å². The van der Waals surface area contributed by atoms with Crippen LogP contribution in [0.25, 0.3) is 0 Å². The highest BCUT2D eigenvalue weighted by molar-refractivity contribution is 9.10. The van der Waals surface area contributed by atoms with Crippen molar-refractivity contribution < 1.29 is 4.39 Å². The highest BCUT2D eigenvalue weighted by atomic mass is 79.9. The first-order chi connectivity index (χ1) is 8.97. The number of rotatable bonds is 3. The minimum Gasteiger partial charge on any atom is -0.377 e. The Morgan fingerprint density at radius 2 is 1.95 bits per heavy atom. The summed E-state index contributed by atoms with van der Waals surface area (Å²) in [7, 11) is 0. The van der Waals surface area contributed by atoms with Gasteiger partial charge in [-0.25, -0.2) is 4.39 Å². The van der Waals surface area contributed by atoms with Crippen molar-refractivity contribution in [2.75, 3.05) is 5.32 Å². The van der Waals surface area contributed by atoms with Gasteiger partial charge in [0.05, 0.1) is 10.7 Å². The minimum absolute atomic E-state index is 0.0197. The predicted molar refractivity (Wildman–Crippen MR) is 82.3 cm³/mol. The van der Waals surface area contributed by atoms with Crippen LogP contribution in [-0.2, 0) is 0 Å². The zero-order valence-corrected chi connectivity index (χ0v) is 13.0. The molecule has 0 aliphatic carbocycles. The van der Waals surface area contributed by atoms with Gasteiger partial charge in [-0.05, 0) is 49.2 Å². The first-order valence-electron chi connectivity index (χ1n) is 5.95. The van der Waals surface area contributed by atoms with Gasteiger partial charge in [-0.2, -0.15) is 0 Å². The number of nitrogens with one attached hydrogen (secondary N) is 1. The molecule has 1 N–H and O–H groups in total. The van der Waals surface area contributed by atoms with Crippen molar-refractivity contribution in [3.05, 3.63) is 62.8 Å². The van der Waals surface area contributed by atoms with Crippen molar-refractivity contribution >= 4 is 33.2 Å².